The quantitative estimate of drug-likeness (QED) is 0.379. The first kappa shape index (κ1) is 24.3. The number of hydrogen-bond donors (Lipinski definition) is 1. The van der Waals surface area contributed by atoms with Crippen molar-refractivity contribution in [1.29, 1.82) is 0 Å². The number of carbonyl (C=O) groups is 1. The predicted octanol–water partition coefficient (Wildman–Crippen LogP) is 4.38. The lowest BCUT2D eigenvalue weighted by atomic mass is 10.0. The Morgan fingerprint density at radius 2 is 2.00 bits per heavy atom. The number of aromatic nitrogens is 5. The van der Waals surface area contributed by atoms with Crippen molar-refractivity contribution >= 4 is 50.3 Å². The fourth-order valence-corrected chi connectivity index (χ4v) is 4.99. The van der Waals surface area contributed by atoms with Crippen molar-refractivity contribution < 1.29 is 14.3 Å². The molecule has 4 aromatic heterocycles. The molecule has 0 aliphatic carbocycles. The van der Waals surface area contributed by atoms with Crippen molar-refractivity contribution in [1.82, 2.24) is 24.9 Å². The van der Waals surface area contributed by atoms with Gasteiger partial charge in [0, 0.05) is 29.6 Å². The van der Waals surface area contributed by atoms with Crippen LogP contribution >= 0.6 is 22.9 Å². The van der Waals surface area contributed by atoms with Crippen LogP contribution in [-0.4, -0.2) is 63.2 Å². The molecule has 12 heteroatoms. The third-order valence-electron chi connectivity index (χ3n) is 5.86. The van der Waals surface area contributed by atoms with Gasteiger partial charge in [-0.25, -0.2) is 15.0 Å². The van der Waals surface area contributed by atoms with E-state index in [0.29, 0.717) is 44.7 Å². The van der Waals surface area contributed by atoms with Crippen molar-refractivity contribution in [2.75, 3.05) is 30.5 Å². The molecule has 1 saturated heterocycles. The number of anilines is 2. The molecule has 5 heterocycles. The zero-order chi connectivity index (χ0) is 25.4. The van der Waals surface area contributed by atoms with Gasteiger partial charge in [-0.2, -0.15) is 4.98 Å². The van der Waals surface area contributed by atoms with Crippen molar-refractivity contribution in [2.45, 2.75) is 32.9 Å². The molecular weight excluding hydrogens is 502 g/mol. The molecule has 10 nitrogen and oxygen atoms in total. The van der Waals surface area contributed by atoms with Gasteiger partial charge in [-0.15, -0.1) is 0 Å². The number of nitrogens with zero attached hydrogens (tertiary/aromatic N) is 6. The van der Waals surface area contributed by atoms with E-state index in [4.69, 9.17) is 26.1 Å². The highest BCUT2D eigenvalue weighted by atomic mass is 35.5. The van der Waals surface area contributed by atoms with Crippen molar-refractivity contribution in [3.8, 4) is 16.9 Å². The summed E-state index contributed by atoms with van der Waals surface area (Å²) in [4.78, 5) is 38.2. The molecule has 4 aromatic rings. The van der Waals surface area contributed by atoms with Gasteiger partial charge in [-0.05, 0) is 32.9 Å². The Kier molecular flexibility index (Phi) is 6.69. The van der Waals surface area contributed by atoms with Gasteiger partial charge in [0.15, 0.2) is 15.6 Å². The standard InChI is InChI=1S/C24H24ClN7O3S/c1-12-5-15(16-6-19(25)27-8-18(16)34-4)17(7-26-12)22(33)31-24-30-21-23(36-24)29-20(9-28-21)32-10-14(3)35-11-13(32)2/h5-9,13-14H,10-11H2,1-4H3,(H,28,30,31,33)/t13-,14-/m0/s1. The summed E-state index contributed by atoms with van der Waals surface area (Å²) in [6.07, 6.45) is 4.87. The van der Waals surface area contributed by atoms with Crippen LogP contribution in [0.4, 0.5) is 10.9 Å². The highest BCUT2D eigenvalue weighted by molar-refractivity contribution is 7.21. The largest absolute Gasteiger partial charge is 0.494 e. The van der Waals surface area contributed by atoms with E-state index < -0.39 is 0 Å². The molecule has 0 bridgehead atoms. The van der Waals surface area contributed by atoms with E-state index in [-0.39, 0.29) is 23.2 Å². The second-order valence-electron chi connectivity index (χ2n) is 8.55. The van der Waals surface area contributed by atoms with E-state index in [1.807, 2.05) is 13.8 Å². The summed E-state index contributed by atoms with van der Waals surface area (Å²) in [5.74, 6) is 0.882. The number of morpholine rings is 1. The second kappa shape index (κ2) is 9.92. The fraction of sp³-hybridized carbons (Fsp3) is 0.333. The summed E-state index contributed by atoms with van der Waals surface area (Å²) in [6.45, 7) is 7.34. The predicted molar refractivity (Wildman–Crippen MR) is 139 cm³/mol. The Labute approximate surface area is 216 Å². The molecule has 0 saturated carbocycles. The molecule has 0 unspecified atom stereocenters. The number of nitrogens with one attached hydrogen (secondary N) is 1. The smallest absolute Gasteiger partial charge is 0.259 e. The Bertz CT molecular complexity index is 1450. The van der Waals surface area contributed by atoms with Gasteiger partial charge in [-0.3, -0.25) is 15.1 Å². The van der Waals surface area contributed by atoms with Gasteiger partial charge in [0.2, 0.25) is 0 Å². The molecule has 1 N–H and O–H groups in total. The first-order chi connectivity index (χ1) is 17.3. The maximum atomic E-state index is 13.3. The average molecular weight is 526 g/mol. The maximum Gasteiger partial charge on any atom is 0.259 e. The van der Waals surface area contributed by atoms with Crippen LogP contribution in [0, 0.1) is 6.92 Å². The van der Waals surface area contributed by atoms with Gasteiger partial charge in [-0.1, -0.05) is 22.9 Å². The molecule has 1 aliphatic heterocycles. The summed E-state index contributed by atoms with van der Waals surface area (Å²) in [5.41, 5.74) is 2.82. The van der Waals surface area contributed by atoms with Crippen LogP contribution in [0.5, 0.6) is 5.75 Å². The van der Waals surface area contributed by atoms with E-state index >= 15 is 0 Å². The normalized spacial score (nSPS) is 17.9. The molecule has 1 amide bonds. The van der Waals surface area contributed by atoms with Crippen molar-refractivity contribution in [3.63, 3.8) is 0 Å². The van der Waals surface area contributed by atoms with Crippen LogP contribution < -0.4 is 15.0 Å². The summed E-state index contributed by atoms with van der Waals surface area (Å²) >= 11 is 7.41. The Morgan fingerprint density at radius 3 is 2.81 bits per heavy atom. The Hall–Kier alpha value is -3.41. The number of aryl methyl sites for hydroxylation is 1. The second-order valence-corrected chi connectivity index (χ2v) is 9.92. The molecule has 0 radical (unpaired) electrons. The minimum atomic E-state index is -0.373. The van der Waals surface area contributed by atoms with Crippen LogP contribution in [0.15, 0.2) is 30.7 Å². The Balaban J connectivity index is 1.45. The monoisotopic (exact) mass is 525 g/mol. The maximum absolute atomic E-state index is 13.3. The van der Waals surface area contributed by atoms with E-state index in [0.717, 1.165) is 18.1 Å². The van der Waals surface area contributed by atoms with Gasteiger partial charge in [0.1, 0.15) is 16.7 Å². The molecule has 186 valence electrons. The van der Waals surface area contributed by atoms with Gasteiger partial charge in [0.25, 0.3) is 5.91 Å². The van der Waals surface area contributed by atoms with E-state index in [1.54, 1.807) is 18.3 Å². The van der Waals surface area contributed by atoms with Gasteiger partial charge >= 0.3 is 0 Å². The molecule has 36 heavy (non-hydrogen) atoms. The number of rotatable bonds is 5. The van der Waals surface area contributed by atoms with Gasteiger partial charge in [0.05, 0.1) is 43.8 Å². The SMILES string of the molecule is COc1cnc(Cl)cc1-c1cc(C)ncc1C(=O)Nc1nc2ncc(N3C[C@H](C)OC[C@@H]3C)nc2s1. The van der Waals surface area contributed by atoms with Crippen LogP contribution in [0.1, 0.15) is 29.9 Å². The van der Waals surface area contributed by atoms with Crippen molar-refractivity contribution in [3.05, 3.63) is 47.1 Å². The third kappa shape index (κ3) is 4.81. The van der Waals surface area contributed by atoms with Crippen LogP contribution in [0.25, 0.3) is 21.6 Å². The van der Waals surface area contributed by atoms with Gasteiger partial charge < -0.3 is 14.4 Å². The first-order valence-electron chi connectivity index (χ1n) is 11.3. The van der Waals surface area contributed by atoms with E-state index in [2.05, 4.69) is 37.1 Å². The lowest BCUT2D eigenvalue weighted by Gasteiger charge is -2.37. The molecule has 0 aromatic carbocycles. The van der Waals surface area contributed by atoms with Crippen LogP contribution in [-0.2, 0) is 4.74 Å². The fourth-order valence-electron chi connectivity index (χ4n) is 4.05. The number of amides is 1. The zero-order valence-corrected chi connectivity index (χ0v) is 21.7. The van der Waals surface area contributed by atoms with E-state index in [9.17, 15) is 4.79 Å². The number of hydrogen-bond acceptors (Lipinski definition) is 10. The minimum Gasteiger partial charge on any atom is -0.494 e. The lowest BCUT2D eigenvalue weighted by Crippen LogP contribution is -2.47. The number of methoxy groups -OCH3 is 1. The summed E-state index contributed by atoms with van der Waals surface area (Å²) < 4.78 is 11.2. The van der Waals surface area contributed by atoms with Crippen LogP contribution in [0.3, 0.4) is 0 Å². The van der Waals surface area contributed by atoms with E-state index in [1.165, 1.54) is 30.8 Å². The topological polar surface area (TPSA) is 115 Å². The number of thiazole rings is 1. The summed E-state index contributed by atoms with van der Waals surface area (Å²) in [6, 6.07) is 3.65. The summed E-state index contributed by atoms with van der Waals surface area (Å²) in [5, 5.41) is 3.55. The molecular formula is C24H24ClN7O3S. The third-order valence-corrected chi connectivity index (χ3v) is 6.92. The first-order valence-corrected chi connectivity index (χ1v) is 12.5. The van der Waals surface area contributed by atoms with Crippen LogP contribution in [0.2, 0.25) is 5.15 Å². The summed E-state index contributed by atoms with van der Waals surface area (Å²) in [7, 11) is 1.54. The molecule has 1 fully saturated rings. The molecule has 2 atom stereocenters. The highest BCUT2D eigenvalue weighted by Crippen LogP contribution is 2.34. The zero-order valence-electron chi connectivity index (χ0n) is 20.1. The number of ether oxygens (including phenoxy) is 2. The molecule has 0 spiro atoms. The number of carbonyl (C=O) groups excluding carboxylic acids is 1. The molecule has 5 rings (SSSR count). The number of halogens is 1. The number of pyridine rings is 2. The van der Waals surface area contributed by atoms with Crippen molar-refractivity contribution in [2.24, 2.45) is 0 Å². The highest BCUT2D eigenvalue weighted by Gasteiger charge is 2.26. The molecule has 1 aliphatic rings. The number of fused-ring (bicyclic) bond motifs is 1. The lowest BCUT2D eigenvalue weighted by molar-refractivity contribution is 0.0340. The minimum absolute atomic E-state index is 0.112. The average Bonchev–Trinajstić information content (AvgIpc) is 3.26. The Morgan fingerprint density at radius 1 is 1.17 bits per heavy atom.